The van der Waals surface area contributed by atoms with Crippen LogP contribution in [-0.4, -0.2) is 37.1 Å². The summed E-state index contributed by atoms with van der Waals surface area (Å²) in [6, 6.07) is 4.62. The van der Waals surface area contributed by atoms with E-state index in [2.05, 4.69) is 10.6 Å². The first-order chi connectivity index (χ1) is 11.0. The zero-order chi connectivity index (χ0) is 16.4. The first-order valence-corrected chi connectivity index (χ1v) is 8.13. The monoisotopic (exact) mass is 324 g/mol. The highest BCUT2D eigenvalue weighted by Gasteiger charge is 2.42. The van der Waals surface area contributed by atoms with E-state index in [1.165, 1.54) is 11.1 Å². The molecule has 0 aromatic heterocycles. The number of aryl methyl sites for hydroxylation is 2. The van der Waals surface area contributed by atoms with Crippen molar-refractivity contribution in [3.05, 3.63) is 29.3 Å². The van der Waals surface area contributed by atoms with Crippen molar-refractivity contribution in [3.8, 4) is 5.75 Å². The van der Waals surface area contributed by atoms with Crippen molar-refractivity contribution in [2.45, 2.75) is 50.7 Å². The second kappa shape index (κ2) is 6.43. The lowest BCUT2D eigenvalue weighted by Crippen LogP contribution is -2.59. The molecule has 3 rings (SSSR count). The maximum atomic E-state index is 13.8. The maximum absolute atomic E-state index is 13.8. The van der Waals surface area contributed by atoms with Gasteiger partial charge in [-0.25, -0.2) is 8.78 Å². The third-order valence-electron chi connectivity index (χ3n) is 4.56. The molecule has 1 heterocycles. The quantitative estimate of drug-likeness (QED) is 0.891. The fourth-order valence-corrected chi connectivity index (χ4v) is 3.15. The molecule has 1 aliphatic carbocycles. The van der Waals surface area contributed by atoms with Crippen molar-refractivity contribution in [2.75, 3.05) is 13.1 Å². The lowest BCUT2D eigenvalue weighted by atomic mass is 10.0. The van der Waals surface area contributed by atoms with Crippen molar-refractivity contribution in [1.29, 1.82) is 0 Å². The number of rotatable bonds is 4. The number of fused-ring (bicyclic) bond motifs is 1. The molecule has 1 aliphatic heterocycles. The summed E-state index contributed by atoms with van der Waals surface area (Å²) in [5.41, 5.74) is 2.57. The number of halogens is 2. The molecule has 23 heavy (non-hydrogen) atoms. The largest absolute Gasteiger partial charge is 0.481 e. The lowest BCUT2D eigenvalue weighted by Gasteiger charge is -2.33. The minimum atomic E-state index is -2.88. The number of carbonyl (C=O) groups is 1. The zero-order valence-corrected chi connectivity index (χ0v) is 13.2. The van der Waals surface area contributed by atoms with Gasteiger partial charge in [0, 0.05) is 19.5 Å². The Balaban J connectivity index is 1.59. The van der Waals surface area contributed by atoms with Crippen molar-refractivity contribution >= 4 is 5.91 Å². The molecule has 1 aromatic rings. The highest BCUT2D eigenvalue weighted by Crippen LogP contribution is 2.27. The van der Waals surface area contributed by atoms with Crippen LogP contribution < -0.4 is 15.4 Å². The predicted octanol–water partition coefficient (Wildman–Crippen LogP) is 2.06. The summed E-state index contributed by atoms with van der Waals surface area (Å²) in [7, 11) is 0. The highest BCUT2D eigenvalue weighted by molar-refractivity contribution is 5.81. The Bertz CT molecular complexity index is 592. The van der Waals surface area contributed by atoms with Crippen LogP contribution >= 0.6 is 0 Å². The summed E-state index contributed by atoms with van der Waals surface area (Å²) in [5.74, 6) is -2.78. The van der Waals surface area contributed by atoms with Crippen LogP contribution in [0, 0.1) is 0 Å². The highest BCUT2D eigenvalue weighted by atomic mass is 19.3. The molecular weight excluding hydrogens is 302 g/mol. The van der Waals surface area contributed by atoms with E-state index in [4.69, 9.17) is 4.74 Å². The third-order valence-corrected chi connectivity index (χ3v) is 4.56. The summed E-state index contributed by atoms with van der Waals surface area (Å²) in [4.78, 5) is 12.1. The normalized spacial score (nSPS) is 23.9. The maximum Gasteiger partial charge on any atom is 0.270 e. The molecular formula is C17H22F2N2O2. The van der Waals surface area contributed by atoms with Crippen LogP contribution in [0.4, 0.5) is 8.78 Å². The Morgan fingerprint density at radius 2 is 2.17 bits per heavy atom. The van der Waals surface area contributed by atoms with Gasteiger partial charge in [-0.05, 0) is 49.4 Å². The lowest BCUT2D eigenvalue weighted by molar-refractivity contribution is -0.133. The molecule has 1 saturated heterocycles. The standard InChI is InChI=1S/C17H22F2N2O2/c1-11(16(22)21-15-10-20-8-7-17(15,18)19)23-14-6-5-12-3-2-4-13(12)9-14/h5-6,9,11,15,20H,2-4,7-8,10H2,1H3,(H,21,22). The topological polar surface area (TPSA) is 50.4 Å². The van der Waals surface area contributed by atoms with E-state index in [9.17, 15) is 13.6 Å². The fraction of sp³-hybridized carbons (Fsp3) is 0.588. The average Bonchev–Trinajstić information content (AvgIpc) is 2.96. The van der Waals surface area contributed by atoms with Gasteiger partial charge in [-0.2, -0.15) is 0 Å². The van der Waals surface area contributed by atoms with Gasteiger partial charge in [-0.15, -0.1) is 0 Å². The number of piperidine rings is 1. The minimum absolute atomic E-state index is 0.0737. The second-order valence-corrected chi connectivity index (χ2v) is 6.32. The van der Waals surface area contributed by atoms with E-state index in [1.54, 1.807) is 6.92 Å². The third kappa shape index (κ3) is 3.63. The molecule has 1 aromatic carbocycles. The molecule has 2 unspecified atom stereocenters. The number of hydrogen-bond donors (Lipinski definition) is 2. The van der Waals surface area contributed by atoms with Crippen LogP contribution in [0.2, 0.25) is 0 Å². The molecule has 2 aliphatic rings. The summed E-state index contributed by atoms with van der Waals surface area (Å²) in [6.45, 7) is 1.92. The molecule has 4 nitrogen and oxygen atoms in total. The van der Waals surface area contributed by atoms with E-state index in [0.29, 0.717) is 5.75 Å². The Hall–Kier alpha value is -1.69. The summed E-state index contributed by atoms with van der Waals surface area (Å²) in [5, 5.41) is 5.28. The molecule has 2 N–H and O–H groups in total. The number of carbonyl (C=O) groups excluding carboxylic acids is 1. The molecule has 6 heteroatoms. The molecule has 0 saturated carbocycles. The summed E-state index contributed by atoms with van der Waals surface area (Å²) < 4.78 is 33.2. The molecule has 0 radical (unpaired) electrons. The van der Waals surface area contributed by atoms with Crippen LogP contribution in [0.5, 0.6) is 5.75 Å². The fourth-order valence-electron chi connectivity index (χ4n) is 3.15. The van der Waals surface area contributed by atoms with Crippen molar-refractivity contribution in [3.63, 3.8) is 0 Å². The van der Waals surface area contributed by atoms with Crippen LogP contribution in [0.3, 0.4) is 0 Å². The van der Waals surface area contributed by atoms with Crippen LogP contribution in [0.25, 0.3) is 0 Å². The van der Waals surface area contributed by atoms with Gasteiger partial charge in [0.05, 0.1) is 0 Å². The number of ether oxygens (including phenoxy) is 1. The van der Waals surface area contributed by atoms with Crippen LogP contribution in [-0.2, 0) is 17.6 Å². The van der Waals surface area contributed by atoms with Gasteiger partial charge in [0.1, 0.15) is 11.8 Å². The van der Waals surface area contributed by atoms with Crippen molar-refractivity contribution < 1.29 is 18.3 Å². The Labute approximate surface area is 134 Å². The summed E-state index contributed by atoms with van der Waals surface area (Å²) in [6.07, 6.45) is 2.16. The Morgan fingerprint density at radius 1 is 1.39 bits per heavy atom. The van der Waals surface area contributed by atoms with E-state index in [0.717, 1.165) is 19.3 Å². The smallest absolute Gasteiger partial charge is 0.270 e. The van der Waals surface area contributed by atoms with E-state index in [-0.39, 0.29) is 19.5 Å². The molecule has 1 amide bonds. The second-order valence-electron chi connectivity index (χ2n) is 6.32. The molecule has 126 valence electrons. The number of nitrogens with one attached hydrogen (secondary N) is 2. The SMILES string of the molecule is CC(Oc1ccc2c(c1)CCC2)C(=O)NC1CNCCC1(F)F. The molecule has 2 atom stereocenters. The average molecular weight is 324 g/mol. The zero-order valence-electron chi connectivity index (χ0n) is 13.2. The Morgan fingerprint density at radius 3 is 2.96 bits per heavy atom. The number of amides is 1. The van der Waals surface area contributed by atoms with Crippen LogP contribution in [0.1, 0.15) is 30.9 Å². The van der Waals surface area contributed by atoms with Gasteiger partial charge in [0.15, 0.2) is 6.10 Å². The van der Waals surface area contributed by atoms with Gasteiger partial charge in [0.2, 0.25) is 0 Å². The van der Waals surface area contributed by atoms with Crippen LogP contribution in [0.15, 0.2) is 18.2 Å². The first-order valence-electron chi connectivity index (χ1n) is 8.13. The predicted molar refractivity (Wildman–Crippen MR) is 82.9 cm³/mol. The Kier molecular flexibility index (Phi) is 4.53. The van der Waals surface area contributed by atoms with Gasteiger partial charge >= 0.3 is 0 Å². The summed E-state index contributed by atoms with van der Waals surface area (Å²) >= 11 is 0. The number of hydrogen-bond acceptors (Lipinski definition) is 3. The molecule has 1 fully saturated rings. The number of alkyl halides is 2. The molecule has 0 spiro atoms. The van der Waals surface area contributed by atoms with Gasteiger partial charge in [-0.1, -0.05) is 6.07 Å². The first kappa shape index (κ1) is 16.2. The van der Waals surface area contributed by atoms with Crippen molar-refractivity contribution in [2.24, 2.45) is 0 Å². The minimum Gasteiger partial charge on any atom is -0.481 e. The number of benzene rings is 1. The van der Waals surface area contributed by atoms with Gasteiger partial charge in [0.25, 0.3) is 11.8 Å². The van der Waals surface area contributed by atoms with E-state index in [1.807, 2.05) is 18.2 Å². The van der Waals surface area contributed by atoms with E-state index >= 15 is 0 Å². The van der Waals surface area contributed by atoms with E-state index < -0.39 is 24.0 Å². The van der Waals surface area contributed by atoms with Crippen molar-refractivity contribution in [1.82, 2.24) is 10.6 Å². The van der Waals surface area contributed by atoms with Gasteiger partial charge in [-0.3, -0.25) is 4.79 Å². The molecule has 0 bridgehead atoms. The van der Waals surface area contributed by atoms with Gasteiger partial charge < -0.3 is 15.4 Å².